The fourth-order valence-corrected chi connectivity index (χ4v) is 4.60. The number of hydrogen-bond acceptors (Lipinski definition) is 2. The van der Waals surface area contributed by atoms with Gasteiger partial charge in [0.15, 0.2) is 8.32 Å². The Balaban J connectivity index is 2.22. The lowest BCUT2D eigenvalue weighted by atomic mass is 9.82. The Bertz CT molecular complexity index is 516. The van der Waals surface area contributed by atoms with Gasteiger partial charge in [-0.2, -0.15) is 0 Å². The summed E-state index contributed by atoms with van der Waals surface area (Å²) in [6.45, 7) is 13.9. The van der Waals surface area contributed by atoms with Crippen LogP contribution < -0.4 is 4.74 Å². The van der Waals surface area contributed by atoms with E-state index in [1.54, 1.807) is 7.11 Å². The zero-order valence-corrected chi connectivity index (χ0v) is 15.7. The van der Waals surface area contributed by atoms with Gasteiger partial charge in [0.25, 0.3) is 0 Å². The largest absolute Gasteiger partial charge is 0.497 e. The van der Waals surface area contributed by atoms with Gasteiger partial charge in [-0.1, -0.05) is 26.8 Å². The molecule has 0 fully saturated rings. The first-order valence-corrected chi connectivity index (χ1v) is 10.8. The van der Waals surface area contributed by atoms with Gasteiger partial charge in [-0.25, -0.2) is 0 Å². The third-order valence-electron chi connectivity index (χ3n) is 5.21. The lowest BCUT2D eigenvalue weighted by Gasteiger charge is -2.46. The summed E-state index contributed by atoms with van der Waals surface area (Å²) in [6.07, 6.45) is 3.20. The van der Waals surface area contributed by atoms with Crippen LogP contribution in [0, 0.1) is 0 Å². The zero-order chi connectivity index (χ0) is 15.9. The van der Waals surface area contributed by atoms with E-state index in [2.05, 4.69) is 59.0 Å². The van der Waals surface area contributed by atoms with E-state index in [1.807, 2.05) is 0 Å². The molecule has 1 aliphatic rings. The van der Waals surface area contributed by atoms with Crippen molar-refractivity contribution in [3.63, 3.8) is 0 Å². The molecule has 1 aromatic carbocycles. The van der Waals surface area contributed by atoms with Gasteiger partial charge in [-0.15, -0.1) is 0 Å². The summed E-state index contributed by atoms with van der Waals surface area (Å²) in [5.41, 5.74) is 2.80. The maximum atomic E-state index is 6.76. The number of benzene rings is 1. The van der Waals surface area contributed by atoms with Crippen LogP contribution in [-0.2, 0) is 17.3 Å². The van der Waals surface area contributed by atoms with Crippen LogP contribution in [0.15, 0.2) is 18.2 Å². The molecule has 21 heavy (non-hydrogen) atoms. The summed E-state index contributed by atoms with van der Waals surface area (Å²) in [5.74, 6) is 0.949. The van der Waals surface area contributed by atoms with Crippen LogP contribution >= 0.6 is 0 Å². The SMILES string of the molecule is COc1ccc2c(c1)CC(C)(O[Si](C)(C)C(C)(C)C)CC2. The molecular weight excluding hydrogens is 276 g/mol. The van der Waals surface area contributed by atoms with Gasteiger partial charge in [-0.05, 0) is 61.2 Å². The van der Waals surface area contributed by atoms with Crippen molar-refractivity contribution in [1.82, 2.24) is 0 Å². The van der Waals surface area contributed by atoms with Crippen LogP contribution in [-0.4, -0.2) is 21.0 Å². The Morgan fingerprint density at radius 1 is 1.14 bits per heavy atom. The van der Waals surface area contributed by atoms with Crippen LogP contribution in [0.1, 0.15) is 45.2 Å². The minimum atomic E-state index is -1.74. The summed E-state index contributed by atoms with van der Waals surface area (Å²) in [7, 11) is -0.00702. The molecular formula is C18H30O2Si. The summed E-state index contributed by atoms with van der Waals surface area (Å²) in [5, 5.41) is 0.255. The van der Waals surface area contributed by atoms with E-state index in [0.29, 0.717) is 0 Å². The molecule has 0 aromatic heterocycles. The number of fused-ring (bicyclic) bond motifs is 1. The maximum absolute atomic E-state index is 6.76. The molecule has 0 aliphatic heterocycles. The Morgan fingerprint density at radius 2 is 1.81 bits per heavy atom. The molecule has 1 atom stereocenters. The molecule has 0 heterocycles. The third-order valence-corrected chi connectivity index (χ3v) is 9.82. The highest BCUT2D eigenvalue weighted by Crippen LogP contribution is 2.42. The minimum Gasteiger partial charge on any atom is -0.497 e. The first-order valence-electron chi connectivity index (χ1n) is 7.92. The zero-order valence-electron chi connectivity index (χ0n) is 14.7. The highest BCUT2D eigenvalue weighted by Gasteiger charge is 2.43. The van der Waals surface area contributed by atoms with Gasteiger partial charge in [0.1, 0.15) is 5.75 Å². The number of rotatable bonds is 3. The quantitative estimate of drug-likeness (QED) is 0.734. The van der Waals surface area contributed by atoms with Crippen molar-refractivity contribution >= 4 is 8.32 Å². The van der Waals surface area contributed by atoms with Crippen LogP contribution in [0.4, 0.5) is 0 Å². The van der Waals surface area contributed by atoms with Gasteiger partial charge in [0.2, 0.25) is 0 Å². The molecule has 1 unspecified atom stereocenters. The van der Waals surface area contributed by atoms with Crippen molar-refractivity contribution in [3.8, 4) is 5.75 Å². The first kappa shape index (κ1) is 16.6. The average molecular weight is 307 g/mol. The van der Waals surface area contributed by atoms with Crippen molar-refractivity contribution in [2.24, 2.45) is 0 Å². The predicted molar refractivity (Wildman–Crippen MR) is 91.7 cm³/mol. The lowest BCUT2D eigenvalue weighted by Crippen LogP contribution is -2.50. The highest BCUT2D eigenvalue weighted by molar-refractivity contribution is 6.74. The fraction of sp³-hybridized carbons (Fsp3) is 0.667. The number of ether oxygens (including phenoxy) is 1. The molecule has 2 nitrogen and oxygen atoms in total. The van der Waals surface area contributed by atoms with E-state index >= 15 is 0 Å². The lowest BCUT2D eigenvalue weighted by molar-refractivity contribution is 0.0577. The Morgan fingerprint density at radius 3 is 2.38 bits per heavy atom. The molecule has 3 heteroatoms. The smallest absolute Gasteiger partial charge is 0.192 e. The minimum absolute atomic E-state index is 0.0393. The van der Waals surface area contributed by atoms with Gasteiger partial charge in [0, 0.05) is 6.42 Å². The van der Waals surface area contributed by atoms with E-state index in [1.165, 1.54) is 11.1 Å². The van der Waals surface area contributed by atoms with E-state index in [9.17, 15) is 0 Å². The average Bonchev–Trinajstić information content (AvgIpc) is 2.35. The Labute approximate surface area is 131 Å². The van der Waals surface area contributed by atoms with Gasteiger partial charge in [-0.3, -0.25) is 0 Å². The Hall–Kier alpha value is -0.803. The standard InChI is InChI=1S/C18H30O2Si/c1-17(2,3)21(6,7)20-18(4)11-10-14-8-9-16(19-5)12-15(14)13-18/h8-9,12H,10-11,13H2,1-7H3. The van der Waals surface area contributed by atoms with Crippen molar-refractivity contribution < 1.29 is 9.16 Å². The van der Waals surface area contributed by atoms with Crippen molar-refractivity contribution in [1.29, 1.82) is 0 Å². The van der Waals surface area contributed by atoms with E-state index < -0.39 is 8.32 Å². The van der Waals surface area contributed by atoms with Gasteiger partial charge >= 0.3 is 0 Å². The highest BCUT2D eigenvalue weighted by atomic mass is 28.4. The van der Waals surface area contributed by atoms with Crippen LogP contribution in [0.3, 0.4) is 0 Å². The van der Waals surface area contributed by atoms with E-state index in [-0.39, 0.29) is 10.6 Å². The Kier molecular flexibility index (Phi) is 4.29. The number of aryl methyl sites for hydroxylation is 1. The molecule has 1 aliphatic carbocycles. The predicted octanol–water partition coefficient (Wildman–Crippen LogP) is 4.96. The second kappa shape index (κ2) is 5.44. The summed E-state index contributed by atoms with van der Waals surface area (Å²) >= 11 is 0. The summed E-state index contributed by atoms with van der Waals surface area (Å²) in [6, 6.07) is 6.46. The monoisotopic (exact) mass is 306 g/mol. The summed E-state index contributed by atoms with van der Waals surface area (Å²) in [4.78, 5) is 0. The van der Waals surface area contributed by atoms with Crippen molar-refractivity contribution in [2.75, 3.05) is 7.11 Å². The molecule has 0 saturated carbocycles. The summed E-state index contributed by atoms with van der Waals surface area (Å²) < 4.78 is 12.1. The molecule has 0 radical (unpaired) electrons. The number of hydrogen-bond donors (Lipinski definition) is 0. The van der Waals surface area contributed by atoms with Crippen LogP contribution in [0.2, 0.25) is 18.1 Å². The molecule has 0 bridgehead atoms. The molecule has 2 rings (SSSR count). The van der Waals surface area contributed by atoms with Crippen LogP contribution in [0.25, 0.3) is 0 Å². The second-order valence-corrected chi connectivity index (χ2v) is 12.8. The second-order valence-electron chi connectivity index (χ2n) is 8.12. The number of methoxy groups -OCH3 is 1. The van der Waals surface area contributed by atoms with Crippen molar-refractivity contribution in [3.05, 3.63) is 29.3 Å². The topological polar surface area (TPSA) is 18.5 Å². The molecule has 1 aromatic rings. The third kappa shape index (κ3) is 3.51. The fourth-order valence-electron chi connectivity index (χ4n) is 2.88. The van der Waals surface area contributed by atoms with E-state index in [0.717, 1.165) is 25.0 Å². The molecule has 0 amide bonds. The molecule has 0 saturated heterocycles. The van der Waals surface area contributed by atoms with Gasteiger partial charge < -0.3 is 9.16 Å². The molecule has 118 valence electrons. The van der Waals surface area contributed by atoms with Gasteiger partial charge in [0.05, 0.1) is 12.7 Å². The molecule has 0 spiro atoms. The molecule has 0 N–H and O–H groups in total. The van der Waals surface area contributed by atoms with E-state index in [4.69, 9.17) is 9.16 Å². The van der Waals surface area contributed by atoms with Crippen molar-refractivity contribution in [2.45, 2.75) is 70.7 Å². The first-order chi connectivity index (χ1) is 9.56. The maximum Gasteiger partial charge on any atom is 0.192 e. The van der Waals surface area contributed by atoms with Crippen LogP contribution in [0.5, 0.6) is 5.75 Å². The normalized spacial score (nSPS) is 22.8.